The lowest BCUT2D eigenvalue weighted by atomic mass is 10.1. The van der Waals surface area contributed by atoms with Crippen LogP contribution in [0.2, 0.25) is 0 Å². The molecule has 1 atom stereocenters. The van der Waals surface area contributed by atoms with Crippen LogP contribution in [0.25, 0.3) is 0 Å². The summed E-state index contributed by atoms with van der Waals surface area (Å²) >= 11 is 5.91. The summed E-state index contributed by atoms with van der Waals surface area (Å²) in [4.78, 5) is 11.4. The van der Waals surface area contributed by atoms with Gasteiger partial charge in [-0.15, -0.1) is 23.9 Å². The molecule has 2 nitrogen and oxygen atoms in total. The second kappa shape index (κ2) is 6.10. The van der Waals surface area contributed by atoms with E-state index < -0.39 is 11.3 Å². The molecule has 1 aromatic rings. The van der Waals surface area contributed by atoms with E-state index in [4.69, 9.17) is 22.8 Å². The number of esters is 1. The molecule has 0 spiro atoms. The fourth-order valence-electron chi connectivity index (χ4n) is 1.04. The van der Waals surface area contributed by atoms with Crippen molar-refractivity contribution in [2.45, 2.75) is 11.8 Å². The lowest BCUT2D eigenvalue weighted by molar-refractivity contribution is -0.143. The quantitative estimate of drug-likeness (QED) is 0.339. The highest BCUT2D eigenvalue weighted by molar-refractivity contribution is 6.29. The molecule has 0 aliphatic carbocycles. The molecule has 3 heteroatoms. The number of benzene rings is 1. The van der Waals surface area contributed by atoms with Crippen LogP contribution in [0.15, 0.2) is 30.3 Å². The number of halogens is 1. The molecule has 0 saturated heterocycles. The van der Waals surface area contributed by atoms with E-state index in [0.29, 0.717) is 6.42 Å². The third kappa shape index (κ3) is 3.65. The monoisotopic (exact) mass is 222 g/mol. The molecule has 15 heavy (non-hydrogen) atoms. The van der Waals surface area contributed by atoms with Crippen LogP contribution in [0.1, 0.15) is 17.4 Å². The minimum Gasteiger partial charge on any atom is -0.463 e. The summed E-state index contributed by atoms with van der Waals surface area (Å²) in [6.07, 6.45) is 5.43. The fraction of sp³-hybridized carbons (Fsp3) is 0.250. The van der Waals surface area contributed by atoms with Gasteiger partial charge in [-0.05, 0) is 5.56 Å². The maximum atomic E-state index is 11.4. The van der Waals surface area contributed by atoms with E-state index >= 15 is 0 Å². The zero-order chi connectivity index (χ0) is 11.1. The van der Waals surface area contributed by atoms with Crippen molar-refractivity contribution >= 4 is 17.6 Å². The fourth-order valence-corrected chi connectivity index (χ4v) is 1.25. The molecule has 0 aliphatic heterocycles. The van der Waals surface area contributed by atoms with Crippen molar-refractivity contribution in [2.75, 3.05) is 6.61 Å². The first-order chi connectivity index (χ1) is 7.25. The predicted octanol–water partition coefficient (Wildman–Crippen LogP) is 2.53. The van der Waals surface area contributed by atoms with Gasteiger partial charge in [0.25, 0.3) is 0 Å². The number of hydrogen-bond acceptors (Lipinski definition) is 2. The van der Waals surface area contributed by atoms with Crippen molar-refractivity contribution in [1.82, 2.24) is 0 Å². The van der Waals surface area contributed by atoms with E-state index in [-0.39, 0.29) is 6.61 Å². The smallest absolute Gasteiger partial charge is 0.328 e. The molecule has 0 aromatic heterocycles. The van der Waals surface area contributed by atoms with E-state index in [9.17, 15) is 4.79 Å². The SMILES string of the molecule is C#CCCOC(=O)C(Cl)c1ccccc1. The Labute approximate surface area is 94.2 Å². The van der Waals surface area contributed by atoms with Gasteiger partial charge >= 0.3 is 5.97 Å². The number of carbonyl (C=O) groups excluding carboxylic acids is 1. The molecule has 0 amide bonds. The molecule has 0 N–H and O–H groups in total. The van der Waals surface area contributed by atoms with E-state index in [1.807, 2.05) is 18.2 Å². The first-order valence-corrected chi connectivity index (χ1v) is 4.98. The van der Waals surface area contributed by atoms with Crippen molar-refractivity contribution in [3.05, 3.63) is 35.9 Å². The summed E-state index contributed by atoms with van der Waals surface area (Å²) in [5.74, 6) is 1.92. The Morgan fingerprint density at radius 2 is 2.13 bits per heavy atom. The largest absolute Gasteiger partial charge is 0.463 e. The summed E-state index contributed by atoms with van der Waals surface area (Å²) in [7, 11) is 0. The van der Waals surface area contributed by atoms with Crippen molar-refractivity contribution in [2.24, 2.45) is 0 Å². The van der Waals surface area contributed by atoms with Gasteiger partial charge in [0, 0.05) is 6.42 Å². The van der Waals surface area contributed by atoms with Gasteiger partial charge < -0.3 is 4.74 Å². The Balaban J connectivity index is 2.51. The molecular formula is C12H11ClO2. The van der Waals surface area contributed by atoms with E-state index in [2.05, 4.69) is 5.92 Å². The highest BCUT2D eigenvalue weighted by Crippen LogP contribution is 2.21. The Morgan fingerprint density at radius 3 is 2.73 bits per heavy atom. The Morgan fingerprint density at radius 1 is 1.47 bits per heavy atom. The maximum Gasteiger partial charge on any atom is 0.328 e. The lowest BCUT2D eigenvalue weighted by Gasteiger charge is -2.08. The standard InChI is InChI=1S/C12H11ClO2/c1-2-3-9-15-12(14)11(13)10-7-5-4-6-8-10/h1,4-8,11H,3,9H2. The zero-order valence-corrected chi connectivity index (χ0v) is 8.91. The topological polar surface area (TPSA) is 26.3 Å². The molecule has 1 aromatic carbocycles. The number of hydrogen-bond donors (Lipinski definition) is 0. The van der Waals surface area contributed by atoms with Gasteiger partial charge in [-0.2, -0.15) is 0 Å². The third-order valence-corrected chi connectivity index (χ3v) is 2.22. The van der Waals surface area contributed by atoms with Crippen molar-refractivity contribution in [3.63, 3.8) is 0 Å². The highest BCUT2D eigenvalue weighted by atomic mass is 35.5. The third-order valence-electron chi connectivity index (χ3n) is 1.79. The number of alkyl halides is 1. The molecule has 1 rings (SSSR count). The summed E-state index contributed by atoms with van der Waals surface area (Å²) in [6, 6.07) is 9.05. The van der Waals surface area contributed by atoms with Crippen LogP contribution in [0.3, 0.4) is 0 Å². The summed E-state index contributed by atoms with van der Waals surface area (Å²) in [5.41, 5.74) is 0.727. The molecule has 78 valence electrons. The molecule has 0 radical (unpaired) electrons. The average molecular weight is 223 g/mol. The van der Waals surface area contributed by atoms with Gasteiger partial charge in [-0.25, -0.2) is 0 Å². The molecule has 1 unspecified atom stereocenters. The average Bonchev–Trinajstić information content (AvgIpc) is 2.29. The Kier molecular flexibility index (Phi) is 4.73. The second-order valence-corrected chi connectivity index (χ2v) is 3.33. The van der Waals surface area contributed by atoms with Gasteiger partial charge in [0.05, 0.1) is 0 Å². The molecular weight excluding hydrogens is 212 g/mol. The Hall–Kier alpha value is -1.46. The predicted molar refractivity (Wildman–Crippen MR) is 59.4 cm³/mol. The van der Waals surface area contributed by atoms with Crippen LogP contribution < -0.4 is 0 Å². The number of carbonyl (C=O) groups is 1. The van der Waals surface area contributed by atoms with Crippen molar-refractivity contribution in [1.29, 1.82) is 0 Å². The van der Waals surface area contributed by atoms with Crippen LogP contribution in [0, 0.1) is 12.3 Å². The van der Waals surface area contributed by atoms with Crippen LogP contribution in [-0.4, -0.2) is 12.6 Å². The second-order valence-electron chi connectivity index (χ2n) is 2.89. The summed E-state index contributed by atoms with van der Waals surface area (Å²) in [5, 5.41) is -0.760. The minimum absolute atomic E-state index is 0.214. The lowest BCUT2D eigenvalue weighted by Crippen LogP contribution is -2.11. The van der Waals surface area contributed by atoms with Crippen LogP contribution in [0.4, 0.5) is 0 Å². The van der Waals surface area contributed by atoms with Crippen molar-refractivity contribution in [3.8, 4) is 12.3 Å². The van der Waals surface area contributed by atoms with Crippen LogP contribution in [0.5, 0.6) is 0 Å². The Bertz CT molecular complexity index is 354. The van der Waals surface area contributed by atoms with Gasteiger partial charge in [0.2, 0.25) is 0 Å². The molecule has 0 aliphatic rings. The maximum absolute atomic E-state index is 11.4. The summed E-state index contributed by atoms with van der Waals surface area (Å²) in [6.45, 7) is 0.214. The first kappa shape index (κ1) is 11.6. The van der Waals surface area contributed by atoms with E-state index in [1.54, 1.807) is 12.1 Å². The number of terminal acetylenes is 1. The molecule has 0 heterocycles. The zero-order valence-electron chi connectivity index (χ0n) is 8.15. The van der Waals surface area contributed by atoms with Gasteiger partial charge in [-0.3, -0.25) is 4.79 Å². The minimum atomic E-state index is -0.760. The van der Waals surface area contributed by atoms with E-state index in [1.165, 1.54) is 0 Å². The molecule has 0 bridgehead atoms. The normalized spacial score (nSPS) is 11.5. The van der Waals surface area contributed by atoms with Gasteiger partial charge in [0.15, 0.2) is 5.38 Å². The molecule has 0 saturated carbocycles. The summed E-state index contributed by atoms with van der Waals surface area (Å²) < 4.78 is 4.89. The highest BCUT2D eigenvalue weighted by Gasteiger charge is 2.18. The number of rotatable bonds is 4. The van der Waals surface area contributed by atoms with E-state index in [0.717, 1.165) is 5.56 Å². The number of ether oxygens (including phenoxy) is 1. The van der Waals surface area contributed by atoms with Crippen LogP contribution in [-0.2, 0) is 9.53 Å². The van der Waals surface area contributed by atoms with Crippen molar-refractivity contribution < 1.29 is 9.53 Å². The van der Waals surface area contributed by atoms with Crippen LogP contribution >= 0.6 is 11.6 Å². The van der Waals surface area contributed by atoms with Gasteiger partial charge in [0.1, 0.15) is 6.61 Å². The molecule has 0 fully saturated rings. The first-order valence-electron chi connectivity index (χ1n) is 4.55. The van der Waals surface area contributed by atoms with Gasteiger partial charge in [-0.1, -0.05) is 30.3 Å².